The highest BCUT2D eigenvalue weighted by atomic mass is 31.2. The highest BCUT2D eigenvalue weighted by molar-refractivity contribution is 7.47. The van der Waals surface area contributed by atoms with Gasteiger partial charge in [0.1, 0.15) is 19.3 Å². The van der Waals surface area contributed by atoms with Crippen molar-refractivity contribution in [3.8, 4) is 0 Å². The van der Waals surface area contributed by atoms with E-state index in [9.17, 15) is 43.2 Å². The molecule has 0 rings (SSSR count). The number of phosphoric acid groups is 2. The molecule has 0 saturated heterocycles. The number of ether oxygens (including phenoxy) is 4. The van der Waals surface area contributed by atoms with Gasteiger partial charge in [-0.3, -0.25) is 37.3 Å². The van der Waals surface area contributed by atoms with Gasteiger partial charge in [-0.1, -0.05) is 196 Å². The third-order valence-corrected chi connectivity index (χ3v) is 13.9. The van der Waals surface area contributed by atoms with Gasteiger partial charge in [-0.15, -0.1) is 0 Å². The summed E-state index contributed by atoms with van der Waals surface area (Å²) in [4.78, 5) is 71.2. The Morgan fingerprint density at radius 2 is 0.639 bits per heavy atom. The van der Waals surface area contributed by atoms with Crippen LogP contribution in [-0.4, -0.2) is 96.7 Å². The van der Waals surface area contributed by atoms with Crippen molar-refractivity contribution in [3.63, 3.8) is 0 Å². The van der Waals surface area contributed by atoms with Crippen LogP contribution in [0.1, 0.15) is 247 Å². The van der Waals surface area contributed by atoms with E-state index in [-0.39, 0.29) is 25.7 Å². The van der Waals surface area contributed by atoms with Crippen LogP contribution in [0.5, 0.6) is 0 Å². The Morgan fingerprint density at radius 3 is 0.944 bits per heavy atom. The van der Waals surface area contributed by atoms with Crippen molar-refractivity contribution in [2.75, 3.05) is 39.6 Å². The highest BCUT2D eigenvalue weighted by Gasteiger charge is 2.30. The van der Waals surface area contributed by atoms with Crippen molar-refractivity contribution in [1.82, 2.24) is 0 Å². The molecule has 5 atom stereocenters. The first kappa shape index (κ1) is 70.1. The van der Waals surface area contributed by atoms with Gasteiger partial charge in [-0.05, 0) is 37.5 Å². The van der Waals surface area contributed by atoms with Gasteiger partial charge in [-0.25, -0.2) is 9.13 Å². The Labute approximate surface area is 435 Å². The molecule has 0 radical (unpaired) electrons. The molecule has 0 aliphatic rings. The number of aliphatic hydroxyl groups is 1. The predicted molar refractivity (Wildman–Crippen MR) is 280 cm³/mol. The number of unbranched alkanes of at least 4 members (excludes halogenated alkanes) is 22. The smallest absolute Gasteiger partial charge is 0.462 e. The fourth-order valence-electron chi connectivity index (χ4n) is 7.59. The second-order valence-corrected chi connectivity index (χ2v) is 23.1. The van der Waals surface area contributed by atoms with E-state index < -0.39 is 97.5 Å². The molecular weight excluding hydrogens is 971 g/mol. The summed E-state index contributed by atoms with van der Waals surface area (Å²) in [5.41, 5.74) is 0. The Bertz CT molecular complexity index is 1450. The van der Waals surface area contributed by atoms with Gasteiger partial charge in [0.25, 0.3) is 0 Å². The second kappa shape index (κ2) is 46.4. The Hall–Kier alpha value is -1.94. The number of carbonyl (C=O) groups is 4. The maximum atomic E-state index is 12.9. The van der Waals surface area contributed by atoms with Gasteiger partial charge in [0.2, 0.25) is 0 Å². The molecule has 3 N–H and O–H groups in total. The topological polar surface area (TPSA) is 237 Å². The summed E-state index contributed by atoms with van der Waals surface area (Å²) in [5, 5.41) is 10.4. The van der Waals surface area contributed by atoms with E-state index in [1.165, 1.54) is 38.5 Å². The van der Waals surface area contributed by atoms with Crippen LogP contribution in [0.3, 0.4) is 0 Å². The van der Waals surface area contributed by atoms with E-state index in [1.807, 2.05) is 0 Å². The van der Waals surface area contributed by atoms with E-state index in [4.69, 9.17) is 37.0 Å². The summed E-state index contributed by atoms with van der Waals surface area (Å²) in [6, 6.07) is 0. The molecule has 0 spiro atoms. The molecular formula is C53H102O17P2. The average Bonchev–Trinajstić information content (AvgIpc) is 3.32. The summed E-state index contributed by atoms with van der Waals surface area (Å²) in [7, 11) is -9.85. The lowest BCUT2D eigenvalue weighted by molar-refractivity contribution is -0.161. The number of hydrogen-bond donors (Lipinski definition) is 3. The van der Waals surface area contributed by atoms with Crippen LogP contribution in [0, 0.1) is 11.8 Å². The lowest BCUT2D eigenvalue weighted by Gasteiger charge is -2.21. The molecule has 0 saturated carbocycles. The Balaban J connectivity index is 5.18. The van der Waals surface area contributed by atoms with E-state index >= 15 is 0 Å². The Morgan fingerprint density at radius 1 is 0.375 bits per heavy atom. The molecule has 0 fully saturated rings. The summed E-state index contributed by atoms with van der Waals surface area (Å²) >= 11 is 0. The largest absolute Gasteiger partial charge is 0.472 e. The fourth-order valence-corrected chi connectivity index (χ4v) is 9.17. The number of aliphatic hydroxyl groups excluding tert-OH is 1. The standard InChI is InChI=1S/C53H102O17P2/c1-7-9-11-13-16-25-31-37-52(57)69-48(41-63-50(55)35-29-21-12-10-8-2)43-67-71(59,60)65-39-47(54)40-66-72(61,62)68-44-49(42-64-51(56)36-30-24-20-19-23-28-34-46(5)6)70-53(58)38-32-26-18-15-14-17-22-27-33-45(3)4/h45-49,54H,7-44H2,1-6H3,(H,59,60)(H,61,62)/t47-,48+,49+/m0/s1. The van der Waals surface area contributed by atoms with Crippen LogP contribution in [-0.2, 0) is 65.4 Å². The van der Waals surface area contributed by atoms with Crippen LogP contribution in [0.25, 0.3) is 0 Å². The molecule has 17 nitrogen and oxygen atoms in total. The monoisotopic (exact) mass is 1070 g/mol. The average molecular weight is 1070 g/mol. The van der Waals surface area contributed by atoms with Crippen molar-refractivity contribution in [3.05, 3.63) is 0 Å². The third-order valence-electron chi connectivity index (χ3n) is 12.0. The summed E-state index contributed by atoms with van der Waals surface area (Å²) in [6.07, 6.45) is 24.6. The predicted octanol–water partition coefficient (Wildman–Crippen LogP) is 13.4. The number of phosphoric ester groups is 2. The van der Waals surface area contributed by atoms with Gasteiger partial charge in [0.05, 0.1) is 26.4 Å². The highest BCUT2D eigenvalue weighted by Crippen LogP contribution is 2.45. The molecule has 19 heteroatoms. The summed E-state index contributed by atoms with van der Waals surface area (Å²) in [5.74, 6) is -0.771. The molecule has 72 heavy (non-hydrogen) atoms. The second-order valence-electron chi connectivity index (χ2n) is 20.2. The number of esters is 4. The fraction of sp³-hybridized carbons (Fsp3) is 0.925. The lowest BCUT2D eigenvalue weighted by atomic mass is 10.0. The van der Waals surface area contributed by atoms with Crippen LogP contribution < -0.4 is 0 Å². The molecule has 426 valence electrons. The zero-order chi connectivity index (χ0) is 53.7. The molecule has 0 bridgehead atoms. The van der Waals surface area contributed by atoms with Crippen LogP contribution in [0.2, 0.25) is 0 Å². The molecule has 2 unspecified atom stereocenters. The van der Waals surface area contributed by atoms with Gasteiger partial charge < -0.3 is 33.8 Å². The molecule has 0 aromatic rings. The van der Waals surface area contributed by atoms with E-state index in [2.05, 4.69) is 41.5 Å². The lowest BCUT2D eigenvalue weighted by Crippen LogP contribution is -2.30. The van der Waals surface area contributed by atoms with E-state index in [0.717, 1.165) is 121 Å². The SMILES string of the molecule is CCCCCCCCCC(=O)O[C@H](COC(=O)CCCCCCC)COP(=O)(O)OC[C@H](O)COP(=O)(O)OC[C@@H](COC(=O)CCCCCCCCC(C)C)OC(=O)CCCCCCCCCCC(C)C. The van der Waals surface area contributed by atoms with Crippen molar-refractivity contribution in [2.24, 2.45) is 11.8 Å². The minimum absolute atomic E-state index is 0.102. The van der Waals surface area contributed by atoms with Crippen LogP contribution in [0.15, 0.2) is 0 Å². The Kier molecular flexibility index (Phi) is 45.1. The molecule has 0 heterocycles. The van der Waals surface area contributed by atoms with Crippen molar-refractivity contribution in [1.29, 1.82) is 0 Å². The number of carbonyl (C=O) groups excluding carboxylic acids is 4. The summed E-state index contributed by atoms with van der Waals surface area (Å²) < 4.78 is 67.2. The van der Waals surface area contributed by atoms with Crippen molar-refractivity contribution >= 4 is 39.5 Å². The third kappa shape index (κ3) is 47.8. The summed E-state index contributed by atoms with van der Waals surface area (Å²) in [6.45, 7) is 9.14. The number of rotatable bonds is 52. The number of hydrogen-bond acceptors (Lipinski definition) is 15. The van der Waals surface area contributed by atoms with E-state index in [0.29, 0.717) is 31.6 Å². The first-order chi connectivity index (χ1) is 34.4. The molecule has 0 amide bonds. The van der Waals surface area contributed by atoms with Crippen molar-refractivity contribution in [2.45, 2.75) is 265 Å². The minimum atomic E-state index is -4.93. The zero-order valence-corrected chi connectivity index (χ0v) is 47.5. The van der Waals surface area contributed by atoms with Crippen LogP contribution in [0.4, 0.5) is 0 Å². The van der Waals surface area contributed by atoms with Gasteiger partial charge in [-0.2, -0.15) is 0 Å². The normalized spacial score (nSPS) is 14.7. The zero-order valence-electron chi connectivity index (χ0n) is 45.7. The first-order valence-corrected chi connectivity index (χ1v) is 31.0. The van der Waals surface area contributed by atoms with Crippen molar-refractivity contribution < 1.29 is 80.2 Å². The molecule has 0 aliphatic heterocycles. The first-order valence-electron chi connectivity index (χ1n) is 28.0. The molecule has 0 aromatic carbocycles. The molecule has 0 aliphatic carbocycles. The van der Waals surface area contributed by atoms with E-state index in [1.54, 1.807) is 0 Å². The van der Waals surface area contributed by atoms with Gasteiger partial charge >= 0.3 is 39.5 Å². The quantitative estimate of drug-likeness (QED) is 0.0222. The maximum Gasteiger partial charge on any atom is 0.472 e. The van der Waals surface area contributed by atoms with Gasteiger partial charge in [0, 0.05) is 25.7 Å². The van der Waals surface area contributed by atoms with Crippen LogP contribution >= 0.6 is 15.6 Å². The van der Waals surface area contributed by atoms with Gasteiger partial charge in [0.15, 0.2) is 12.2 Å². The minimum Gasteiger partial charge on any atom is -0.462 e. The molecule has 0 aromatic heterocycles. The maximum absolute atomic E-state index is 12.9.